The Kier molecular flexibility index (Phi) is 7.44. The lowest BCUT2D eigenvalue weighted by Gasteiger charge is -2.34. The summed E-state index contributed by atoms with van der Waals surface area (Å²) >= 11 is 8.15. The van der Waals surface area contributed by atoms with Crippen LogP contribution in [0.15, 0.2) is 11.4 Å². The Morgan fingerprint density at radius 3 is 2.53 bits per heavy atom. The molecule has 2 heterocycles. The molecule has 1 aliphatic heterocycles. The molecule has 0 unspecified atom stereocenters. The molecule has 19 heavy (non-hydrogen) atoms. The molecule has 0 spiro atoms. The first-order chi connectivity index (χ1) is 8.34. The van der Waals surface area contributed by atoms with Crippen LogP contribution in [0.2, 0.25) is 5.02 Å². The molecule has 1 aliphatic carbocycles. The second-order valence-electron chi connectivity index (χ2n) is 5.11. The number of nitrogens with zero attached hydrogens (tertiary/aromatic N) is 1. The highest BCUT2D eigenvalue weighted by atomic mass is 35.5. The van der Waals surface area contributed by atoms with Gasteiger partial charge < -0.3 is 5.32 Å². The van der Waals surface area contributed by atoms with Crippen molar-refractivity contribution in [3.05, 3.63) is 21.3 Å². The van der Waals surface area contributed by atoms with Crippen LogP contribution >= 0.6 is 47.8 Å². The van der Waals surface area contributed by atoms with Gasteiger partial charge >= 0.3 is 0 Å². The lowest BCUT2D eigenvalue weighted by Crippen LogP contribution is -2.45. The Labute approximate surface area is 136 Å². The maximum atomic E-state index is 6.33. The van der Waals surface area contributed by atoms with Crippen molar-refractivity contribution in [2.75, 3.05) is 26.2 Å². The second kappa shape index (κ2) is 8.06. The molecule has 1 atom stereocenters. The van der Waals surface area contributed by atoms with E-state index in [4.69, 9.17) is 11.6 Å². The topological polar surface area (TPSA) is 15.3 Å². The maximum absolute atomic E-state index is 6.33. The minimum Gasteiger partial charge on any atom is -0.314 e. The fourth-order valence-corrected chi connectivity index (χ4v) is 3.96. The van der Waals surface area contributed by atoms with Gasteiger partial charge in [0.25, 0.3) is 0 Å². The summed E-state index contributed by atoms with van der Waals surface area (Å²) in [4.78, 5) is 4.01. The summed E-state index contributed by atoms with van der Waals surface area (Å²) in [6, 6.07) is 2.61. The van der Waals surface area contributed by atoms with Crippen LogP contribution in [0.1, 0.15) is 30.2 Å². The van der Waals surface area contributed by atoms with E-state index in [9.17, 15) is 0 Å². The van der Waals surface area contributed by atoms with Crippen molar-refractivity contribution in [1.82, 2.24) is 10.2 Å². The first-order valence-electron chi connectivity index (χ1n) is 6.52. The summed E-state index contributed by atoms with van der Waals surface area (Å²) in [5.41, 5.74) is 0. The predicted molar refractivity (Wildman–Crippen MR) is 88.3 cm³/mol. The van der Waals surface area contributed by atoms with Gasteiger partial charge in [0, 0.05) is 37.1 Å². The van der Waals surface area contributed by atoms with Crippen molar-refractivity contribution in [2.45, 2.75) is 25.3 Å². The van der Waals surface area contributed by atoms with Crippen LogP contribution in [0.25, 0.3) is 0 Å². The summed E-state index contributed by atoms with van der Waals surface area (Å²) in [5, 5.41) is 6.52. The zero-order valence-corrected chi connectivity index (χ0v) is 14.0. The molecule has 110 valence electrons. The van der Waals surface area contributed by atoms with Gasteiger partial charge in [0.2, 0.25) is 0 Å². The van der Waals surface area contributed by atoms with Gasteiger partial charge in [-0.1, -0.05) is 24.4 Å². The van der Waals surface area contributed by atoms with E-state index in [-0.39, 0.29) is 24.8 Å². The normalized spacial score (nSPS) is 21.3. The lowest BCUT2D eigenvalue weighted by molar-refractivity contribution is 0.163. The molecule has 0 radical (unpaired) electrons. The Morgan fingerprint density at radius 2 is 2.00 bits per heavy atom. The van der Waals surface area contributed by atoms with Gasteiger partial charge in [-0.05, 0) is 23.8 Å². The second-order valence-corrected chi connectivity index (χ2v) is 6.47. The van der Waals surface area contributed by atoms with Crippen molar-refractivity contribution < 1.29 is 0 Å². The van der Waals surface area contributed by atoms with E-state index in [1.54, 1.807) is 0 Å². The molecule has 2 aliphatic rings. The summed E-state index contributed by atoms with van der Waals surface area (Å²) in [5.74, 6) is 0.952. The molecule has 6 heteroatoms. The van der Waals surface area contributed by atoms with Crippen molar-refractivity contribution >= 4 is 47.8 Å². The molecule has 1 aromatic heterocycles. The van der Waals surface area contributed by atoms with Gasteiger partial charge in [-0.2, -0.15) is 0 Å². The highest BCUT2D eigenvalue weighted by Gasteiger charge is 2.31. The van der Waals surface area contributed by atoms with E-state index in [1.165, 1.54) is 24.1 Å². The van der Waals surface area contributed by atoms with Crippen molar-refractivity contribution in [3.8, 4) is 0 Å². The number of nitrogens with one attached hydrogen (secondary N) is 1. The molecule has 0 aromatic carbocycles. The molecule has 2 nitrogen and oxygen atoms in total. The molecule has 0 bridgehead atoms. The van der Waals surface area contributed by atoms with E-state index in [0.717, 1.165) is 37.1 Å². The highest BCUT2D eigenvalue weighted by molar-refractivity contribution is 7.10. The number of rotatable bonds is 4. The van der Waals surface area contributed by atoms with Crippen LogP contribution in [0.4, 0.5) is 0 Å². The number of hydrogen-bond donors (Lipinski definition) is 1. The van der Waals surface area contributed by atoms with E-state index in [0.29, 0.717) is 6.04 Å². The minimum atomic E-state index is 0. The van der Waals surface area contributed by atoms with Gasteiger partial charge in [0.05, 0.1) is 5.02 Å². The zero-order valence-electron chi connectivity index (χ0n) is 10.8. The lowest BCUT2D eigenvalue weighted by atomic mass is 10.1. The quantitative estimate of drug-likeness (QED) is 0.889. The van der Waals surface area contributed by atoms with Crippen LogP contribution < -0.4 is 5.32 Å². The predicted octanol–water partition coefficient (Wildman–Crippen LogP) is 3.99. The van der Waals surface area contributed by atoms with Crippen LogP contribution in [-0.4, -0.2) is 31.1 Å². The first kappa shape index (κ1) is 17.5. The van der Waals surface area contributed by atoms with Crippen molar-refractivity contribution in [2.24, 2.45) is 5.92 Å². The Hall–Kier alpha value is 0.490. The van der Waals surface area contributed by atoms with Gasteiger partial charge in [-0.3, -0.25) is 4.90 Å². The molecule has 1 aromatic rings. The Balaban J connectivity index is 0.000000902. The third-order valence-corrected chi connectivity index (χ3v) is 5.25. The average Bonchev–Trinajstić information content (AvgIpc) is 3.09. The average molecular weight is 344 g/mol. The molecular weight excluding hydrogens is 323 g/mol. The first-order valence-corrected chi connectivity index (χ1v) is 7.78. The van der Waals surface area contributed by atoms with Gasteiger partial charge in [-0.25, -0.2) is 0 Å². The van der Waals surface area contributed by atoms with E-state index >= 15 is 0 Å². The van der Waals surface area contributed by atoms with Crippen molar-refractivity contribution in [3.63, 3.8) is 0 Å². The number of thiophene rings is 1. The number of halogens is 3. The smallest absolute Gasteiger partial charge is 0.0561 e. The van der Waals surface area contributed by atoms with Gasteiger partial charge in [-0.15, -0.1) is 36.2 Å². The van der Waals surface area contributed by atoms with E-state index < -0.39 is 0 Å². The fraction of sp³-hybridized carbons (Fsp3) is 0.692. The van der Waals surface area contributed by atoms with E-state index in [1.807, 2.05) is 17.4 Å². The summed E-state index contributed by atoms with van der Waals surface area (Å²) < 4.78 is 0. The molecule has 1 saturated carbocycles. The summed E-state index contributed by atoms with van der Waals surface area (Å²) in [7, 11) is 0. The molecule has 2 fully saturated rings. The standard InChI is InChI=1S/C13H19ClN2S.2ClH/c14-11-3-8-17-13(11)12(9-10-1-2-10)16-6-4-15-5-7-16;;/h3,8,10,12,15H,1-2,4-7,9H2;2*1H/t12-;;/m1../s1. The van der Waals surface area contributed by atoms with Crippen LogP contribution in [0, 0.1) is 5.92 Å². The van der Waals surface area contributed by atoms with E-state index in [2.05, 4.69) is 15.6 Å². The molecule has 0 amide bonds. The monoisotopic (exact) mass is 342 g/mol. The number of hydrogen-bond acceptors (Lipinski definition) is 3. The highest BCUT2D eigenvalue weighted by Crippen LogP contribution is 2.43. The van der Waals surface area contributed by atoms with Gasteiger partial charge in [0.1, 0.15) is 0 Å². The van der Waals surface area contributed by atoms with Crippen LogP contribution in [0.5, 0.6) is 0 Å². The SMILES string of the molecule is Cl.Cl.Clc1ccsc1[C@@H](CC1CC1)N1CCNCC1. The molecule has 1 saturated heterocycles. The fourth-order valence-electron chi connectivity index (χ4n) is 2.63. The maximum Gasteiger partial charge on any atom is 0.0561 e. The summed E-state index contributed by atoms with van der Waals surface area (Å²) in [6.45, 7) is 4.55. The minimum absolute atomic E-state index is 0. The summed E-state index contributed by atoms with van der Waals surface area (Å²) in [6.07, 6.45) is 4.15. The Morgan fingerprint density at radius 1 is 1.32 bits per heavy atom. The molecule has 1 N–H and O–H groups in total. The molecule has 3 rings (SSSR count). The zero-order chi connectivity index (χ0) is 11.7. The van der Waals surface area contributed by atoms with Crippen LogP contribution in [0.3, 0.4) is 0 Å². The van der Waals surface area contributed by atoms with Gasteiger partial charge in [0.15, 0.2) is 0 Å². The van der Waals surface area contributed by atoms with Crippen LogP contribution in [-0.2, 0) is 0 Å². The third-order valence-electron chi connectivity index (χ3n) is 3.79. The third kappa shape index (κ3) is 4.48. The Bertz CT molecular complexity index is 376. The van der Waals surface area contributed by atoms with Crippen molar-refractivity contribution in [1.29, 1.82) is 0 Å². The molecular formula is C13H21Cl3N2S. The number of piperazine rings is 1. The largest absolute Gasteiger partial charge is 0.314 e.